The summed E-state index contributed by atoms with van der Waals surface area (Å²) in [7, 11) is 0. The lowest BCUT2D eigenvalue weighted by Gasteiger charge is -2.19. The Morgan fingerprint density at radius 3 is 3.11 bits per heavy atom. The first-order chi connectivity index (χ1) is 8.83. The number of aromatic nitrogens is 2. The molecule has 5 nitrogen and oxygen atoms in total. The Labute approximate surface area is 105 Å². The molecule has 5 heteroatoms. The van der Waals surface area contributed by atoms with Crippen molar-refractivity contribution in [2.24, 2.45) is 0 Å². The van der Waals surface area contributed by atoms with E-state index in [1.165, 1.54) is 5.56 Å². The summed E-state index contributed by atoms with van der Waals surface area (Å²) in [4.78, 5) is 4.40. The Morgan fingerprint density at radius 1 is 1.39 bits per heavy atom. The normalized spacial score (nSPS) is 19.9. The smallest absolute Gasteiger partial charge is 0.257 e. The van der Waals surface area contributed by atoms with E-state index in [4.69, 9.17) is 9.26 Å². The van der Waals surface area contributed by atoms with Crippen molar-refractivity contribution in [2.75, 3.05) is 19.7 Å². The van der Waals surface area contributed by atoms with Crippen molar-refractivity contribution in [1.29, 1.82) is 0 Å². The fourth-order valence-corrected chi connectivity index (χ4v) is 1.99. The summed E-state index contributed by atoms with van der Waals surface area (Å²) < 4.78 is 10.9. The minimum absolute atomic E-state index is 0.134. The highest BCUT2D eigenvalue weighted by atomic mass is 16.5. The van der Waals surface area contributed by atoms with Crippen molar-refractivity contribution in [2.45, 2.75) is 13.0 Å². The van der Waals surface area contributed by atoms with Gasteiger partial charge in [0, 0.05) is 18.7 Å². The molecular formula is C13H15N3O2. The quantitative estimate of drug-likeness (QED) is 0.872. The van der Waals surface area contributed by atoms with Gasteiger partial charge in [-0.05, 0) is 13.0 Å². The third-order valence-corrected chi connectivity index (χ3v) is 2.92. The Bertz CT molecular complexity index is 533. The van der Waals surface area contributed by atoms with Gasteiger partial charge in [0.05, 0.1) is 6.61 Å². The second kappa shape index (κ2) is 4.88. The van der Waals surface area contributed by atoms with Crippen LogP contribution in [0.4, 0.5) is 0 Å². The molecule has 1 aliphatic rings. The summed E-state index contributed by atoms with van der Waals surface area (Å²) in [5.41, 5.74) is 2.14. The van der Waals surface area contributed by atoms with Crippen molar-refractivity contribution in [3.8, 4) is 11.4 Å². The van der Waals surface area contributed by atoms with Gasteiger partial charge >= 0.3 is 0 Å². The second-order valence-electron chi connectivity index (χ2n) is 4.39. The van der Waals surface area contributed by atoms with E-state index in [0.29, 0.717) is 18.3 Å². The van der Waals surface area contributed by atoms with Crippen LogP contribution in [0, 0.1) is 6.92 Å². The molecule has 1 fully saturated rings. The number of hydrogen-bond acceptors (Lipinski definition) is 5. The van der Waals surface area contributed by atoms with E-state index in [9.17, 15) is 0 Å². The predicted molar refractivity (Wildman–Crippen MR) is 66.0 cm³/mol. The monoisotopic (exact) mass is 245 g/mol. The zero-order valence-corrected chi connectivity index (χ0v) is 10.2. The zero-order valence-electron chi connectivity index (χ0n) is 10.2. The minimum Gasteiger partial charge on any atom is -0.366 e. The van der Waals surface area contributed by atoms with Gasteiger partial charge in [0.2, 0.25) is 5.82 Å². The lowest BCUT2D eigenvalue weighted by molar-refractivity contribution is 0.00755. The van der Waals surface area contributed by atoms with Gasteiger partial charge in [0.1, 0.15) is 6.10 Å². The van der Waals surface area contributed by atoms with E-state index >= 15 is 0 Å². The number of rotatable bonds is 2. The maximum Gasteiger partial charge on any atom is 0.257 e. The second-order valence-corrected chi connectivity index (χ2v) is 4.39. The molecule has 1 aromatic carbocycles. The van der Waals surface area contributed by atoms with E-state index in [-0.39, 0.29) is 6.10 Å². The average Bonchev–Trinajstić information content (AvgIpc) is 2.89. The van der Waals surface area contributed by atoms with Gasteiger partial charge in [-0.3, -0.25) is 0 Å². The topological polar surface area (TPSA) is 60.2 Å². The summed E-state index contributed by atoms with van der Waals surface area (Å²) in [6.45, 7) is 4.30. The first-order valence-corrected chi connectivity index (χ1v) is 6.06. The molecule has 1 aromatic heterocycles. The summed E-state index contributed by atoms with van der Waals surface area (Å²) in [5, 5.41) is 7.25. The molecule has 0 radical (unpaired) electrons. The van der Waals surface area contributed by atoms with Crippen LogP contribution in [0.3, 0.4) is 0 Å². The summed E-state index contributed by atoms with van der Waals surface area (Å²) >= 11 is 0. The van der Waals surface area contributed by atoms with Crippen LogP contribution >= 0.6 is 0 Å². The van der Waals surface area contributed by atoms with Crippen LogP contribution in [0.25, 0.3) is 11.4 Å². The first kappa shape index (κ1) is 11.4. The predicted octanol–water partition coefficient (Wildman–Crippen LogP) is 1.71. The molecule has 0 bridgehead atoms. The number of ether oxygens (including phenoxy) is 1. The van der Waals surface area contributed by atoms with E-state index in [1.54, 1.807) is 0 Å². The highest BCUT2D eigenvalue weighted by Crippen LogP contribution is 2.21. The van der Waals surface area contributed by atoms with Crippen LogP contribution < -0.4 is 5.32 Å². The van der Waals surface area contributed by atoms with Gasteiger partial charge in [-0.1, -0.05) is 28.9 Å². The largest absolute Gasteiger partial charge is 0.366 e. The van der Waals surface area contributed by atoms with Crippen molar-refractivity contribution in [3.63, 3.8) is 0 Å². The van der Waals surface area contributed by atoms with Crippen LogP contribution in [0.1, 0.15) is 17.6 Å². The van der Waals surface area contributed by atoms with E-state index in [0.717, 1.165) is 18.7 Å². The van der Waals surface area contributed by atoms with Crippen molar-refractivity contribution in [3.05, 3.63) is 35.7 Å². The van der Waals surface area contributed by atoms with E-state index < -0.39 is 0 Å². The minimum atomic E-state index is -0.134. The lowest BCUT2D eigenvalue weighted by Crippen LogP contribution is -2.33. The molecule has 0 aliphatic carbocycles. The highest BCUT2D eigenvalue weighted by Gasteiger charge is 2.22. The molecule has 1 saturated heterocycles. The van der Waals surface area contributed by atoms with Crippen LogP contribution in [0.2, 0.25) is 0 Å². The first-order valence-electron chi connectivity index (χ1n) is 6.06. The number of aryl methyl sites for hydroxylation is 1. The zero-order chi connectivity index (χ0) is 12.4. The molecule has 0 spiro atoms. The standard InChI is InChI=1S/C13H15N3O2/c1-9-3-2-4-10(7-9)12-15-13(18-16-12)11-8-14-5-6-17-11/h2-4,7,11,14H,5-6,8H2,1H3. The lowest BCUT2D eigenvalue weighted by atomic mass is 10.1. The molecule has 1 atom stereocenters. The van der Waals surface area contributed by atoms with Crippen LogP contribution in [-0.4, -0.2) is 29.8 Å². The Morgan fingerprint density at radius 2 is 2.33 bits per heavy atom. The van der Waals surface area contributed by atoms with E-state index in [1.807, 2.05) is 31.2 Å². The molecule has 2 aromatic rings. The molecule has 3 rings (SSSR count). The van der Waals surface area contributed by atoms with Crippen LogP contribution in [0.5, 0.6) is 0 Å². The van der Waals surface area contributed by atoms with Gasteiger partial charge in [-0.15, -0.1) is 0 Å². The number of hydrogen-bond donors (Lipinski definition) is 1. The number of morpholine rings is 1. The Kier molecular flexibility index (Phi) is 3.08. The molecule has 0 saturated carbocycles. The van der Waals surface area contributed by atoms with Crippen molar-refractivity contribution >= 4 is 0 Å². The van der Waals surface area contributed by atoms with Crippen molar-refractivity contribution in [1.82, 2.24) is 15.5 Å². The third kappa shape index (κ3) is 2.27. The summed E-state index contributed by atoms with van der Waals surface area (Å²) in [6.07, 6.45) is -0.134. The summed E-state index contributed by atoms with van der Waals surface area (Å²) in [5.74, 6) is 1.15. The number of benzene rings is 1. The number of nitrogens with zero attached hydrogens (tertiary/aromatic N) is 2. The molecule has 1 aliphatic heterocycles. The fraction of sp³-hybridized carbons (Fsp3) is 0.385. The van der Waals surface area contributed by atoms with Gasteiger partial charge in [-0.25, -0.2) is 0 Å². The SMILES string of the molecule is Cc1cccc(-c2noc(C3CNCCO3)n2)c1. The third-order valence-electron chi connectivity index (χ3n) is 2.92. The maximum absolute atomic E-state index is 5.58. The molecular weight excluding hydrogens is 230 g/mol. The van der Waals surface area contributed by atoms with Crippen molar-refractivity contribution < 1.29 is 9.26 Å². The van der Waals surface area contributed by atoms with Crippen LogP contribution in [-0.2, 0) is 4.74 Å². The molecule has 1 N–H and O–H groups in total. The van der Waals surface area contributed by atoms with Crippen LogP contribution in [0.15, 0.2) is 28.8 Å². The molecule has 1 unspecified atom stereocenters. The number of nitrogens with one attached hydrogen (secondary N) is 1. The average molecular weight is 245 g/mol. The highest BCUT2D eigenvalue weighted by molar-refractivity contribution is 5.55. The molecule has 18 heavy (non-hydrogen) atoms. The van der Waals surface area contributed by atoms with Gasteiger partial charge in [0.25, 0.3) is 5.89 Å². The molecule has 94 valence electrons. The summed E-state index contributed by atoms with van der Waals surface area (Å²) in [6, 6.07) is 8.04. The van der Waals surface area contributed by atoms with Gasteiger partial charge < -0.3 is 14.6 Å². The molecule has 2 heterocycles. The Hall–Kier alpha value is -1.72. The van der Waals surface area contributed by atoms with Gasteiger partial charge in [0.15, 0.2) is 0 Å². The molecule has 0 amide bonds. The fourth-order valence-electron chi connectivity index (χ4n) is 1.99. The van der Waals surface area contributed by atoms with E-state index in [2.05, 4.69) is 15.5 Å². The Balaban J connectivity index is 1.84. The van der Waals surface area contributed by atoms with Gasteiger partial charge in [-0.2, -0.15) is 4.98 Å². The maximum atomic E-state index is 5.58.